The molecule has 1 N–H and O–H groups in total. The molecule has 0 fully saturated rings. The van der Waals surface area contributed by atoms with Crippen LogP contribution >= 0.6 is 0 Å². The molecule has 0 aliphatic carbocycles. The molecule has 2 rings (SSSR count). The van der Waals surface area contributed by atoms with Gasteiger partial charge in [-0.15, -0.1) is 0 Å². The van der Waals surface area contributed by atoms with Crippen LogP contribution in [0.25, 0.3) is 11.0 Å². The van der Waals surface area contributed by atoms with Crippen molar-refractivity contribution in [3.05, 3.63) is 23.9 Å². The average molecular weight is 307 g/mol. The first-order chi connectivity index (χ1) is 10.6. The summed E-state index contributed by atoms with van der Waals surface area (Å²) in [7, 11) is 3.87. The largest absolute Gasteiger partial charge is 0.494 e. The molecule has 1 aromatic heterocycles. The molecule has 2 aromatic rings. The Labute approximate surface area is 124 Å². The summed E-state index contributed by atoms with van der Waals surface area (Å²) in [4.78, 5) is 23.1. The molecule has 116 valence electrons. The molecule has 0 saturated heterocycles. The van der Waals surface area contributed by atoms with Gasteiger partial charge < -0.3 is 19.5 Å². The molecule has 1 heterocycles. The number of aromatic nitrogens is 2. The van der Waals surface area contributed by atoms with Crippen LogP contribution in [0.2, 0.25) is 0 Å². The van der Waals surface area contributed by atoms with Gasteiger partial charge in [-0.3, -0.25) is 0 Å². The van der Waals surface area contributed by atoms with Crippen molar-refractivity contribution in [2.45, 2.75) is 0 Å². The molecule has 0 spiro atoms. The quantitative estimate of drug-likeness (QED) is 0.635. The Kier molecular flexibility index (Phi) is 4.57. The van der Waals surface area contributed by atoms with Gasteiger partial charge in [0.25, 0.3) is 0 Å². The van der Waals surface area contributed by atoms with Gasteiger partial charge in [0.1, 0.15) is 5.70 Å². The molecule has 0 aliphatic rings. The predicted molar refractivity (Wildman–Crippen MR) is 74.1 cm³/mol. The second-order valence-corrected chi connectivity index (χ2v) is 3.97. The lowest BCUT2D eigenvalue weighted by Crippen LogP contribution is -2.15. The third kappa shape index (κ3) is 2.97. The molecule has 9 nitrogen and oxygen atoms in total. The molecule has 0 radical (unpaired) electrons. The highest BCUT2D eigenvalue weighted by atomic mass is 16.6. The maximum absolute atomic E-state index is 11.7. The minimum Gasteiger partial charge on any atom is -0.494 e. The van der Waals surface area contributed by atoms with E-state index in [-0.39, 0.29) is 5.70 Å². The van der Waals surface area contributed by atoms with E-state index in [1.165, 1.54) is 21.3 Å². The summed E-state index contributed by atoms with van der Waals surface area (Å²) < 4.78 is 18.9. The lowest BCUT2D eigenvalue weighted by molar-refractivity contribution is -0.138. The maximum atomic E-state index is 11.7. The Bertz CT molecular complexity index is 736. The summed E-state index contributed by atoms with van der Waals surface area (Å²) in [6.45, 7) is 0. The number of nitrogens with zero attached hydrogens (tertiary/aromatic N) is 2. The molecule has 0 bridgehead atoms. The summed E-state index contributed by atoms with van der Waals surface area (Å²) in [5, 5.41) is 10.2. The Balaban J connectivity index is 2.43. The second kappa shape index (κ2) is 6.57. The van der Waals surface area contributed by atoms with E-state index >= 15 is 0 Å². The van der Waals surface area contributed by atoms with E-state index < -0.39 is 11.9 Å². The number of hydrogen-bond donors (Lipinski definition) is 1. The van der Waals surface area contributed by atoms with Gasteiger partial charge in [0, 0.05) is 0 Å². The normalized spacial score (nSPS) is 11.1. The van der Waals surface area contributed by atoms with Crippen molar-refractivity contribution in [1.82, 2.24) is 10.3 Å². The lowest BCUT2D eigenvalue weighted by Gasteiger charge is -2.09. The number of esters is 2. The van der Waals surface area contributed by atoms with Crippen molar-refractivity contribution in [2.75, 3.05) is 26.6 Å². The molecule has 1 aromatic carbocycles. The monoisotopic (exact) mass is 307 g/mol. The molecule has 9 heteroatoms. The smallest absolute Gasteiger partial charge is 0.354 e. The van der Waals surface area contributed by atoms with Gasteiger partial charge in [-0.25, -0.2) is 14.2 Å². The van der Waals surface area contributed by atoms with Crippen LogP contribution in [0.15, 0.2) is 28.5 Å². The van der Waals surface area contributed by atoms with E-state index in [1.807, 2.05) is 0 Å². The second-order valence-electron chi connectivity index (χ2n) is 3.97. The van der Waals surface area contributed by atoms with Gasteiger partial charge in [0.2, 0.25) is 0 Å². The fourth-order valence-electron chi connectivity index (χ4n) is 1.69. The van der Waals surface area contributed by atoms with Crippen molar-refractivity contribution in [3.8, 4) is 5.75 Å². The SMILES string of the molecule is COC(=O)/C=C(/Nc1ccc(OC)c2nonc12)C(=O)OC. The van der Waals surface area contributed by atoms with Crippen LogP contribution in [0, 0.1) is 0 Å². The van der Waals surface area contributed by atoms with Crippen LogP contribution in [0.5, 0.6) is 5.75 Å². The number of anilines is 1. The average Bonchev–Trinajstić information content (AvgIpc) is 3.03. The first kappa shape index (κ1) is 15.3. The topological polar surface area (TPSA) is 113 Å². The Morgan fingerprint density at radius 2 is 1.86 bits per heavy atom. The van der Waals surface area contributed by atoms with Crippen LogP contribution < -0.4 is 10.1 Å². The van der Waals surface area contributed by atoms with E-state index in [0.717, 1.165) is 6.08 Å². The fourth-order valence-corrected chi connectivity index (χ4v) is 1.69. The number of carbonyl (C=O) groups is 2. The number of methoxy groups -OCH3 is 3. The van der Waals surface area contributed by atoms with Gasteiger partial charge in [-0.1, -0.05) is 0 Å². The van der Waals surface area contributed by atoms with Crippen molar-refractivity contribution in [2.24, 2.45) is 0 Å². The third-order valence-corrected chi connectivity index (χ3v) is 2.74. The number of benzene rings is 1. The van der Waals surface area contributed by atoms with E-state index in [4.69, 9.17) is 4.74 Å². The Morgan fingerprint density at radius 3 is 2.50 bits per heavy atom. The number of carbonyl (C=O) groups excluding carboxylic acids is 2. The Hall–Kier alpha value is -3.10. The van der Waals surface area contributed by atoms with Crippen molar-refractivity contribution >= 4 is 28.7 Å². The summed E-state index contributed by atoms with van der Waals surface area (Å²) in [6, 6.07) is 3.21. The predicted octanol–water partition coefficient (Wildman–Crippen LogP) is 0.873. The maximum Gasteiger partial charge on any atom is 0.354 e. The zero-order valence-corrected chi connectivity index (χ0v) is 12.1. The molecule has 0 amide bonds. The van der Waals surface area contributed by atoms with E-state index in [1.54, 1.807) is 12.1 Å². The van der Waals surface area contributed by atoms with Crippen LogP contribution in [0.1, 0.15) is 0 Å². The van der Waals surface area contributed by atoms with Crippen molar-refractivity contribution in [1.29, 1.82) is 0 Å². The van der Waals surface area contributed by atoms with Gasteiger partial charge in [-0.05, 0) is 22.4 Å². The van der Waals surface area contributed by atoms with Gasteiger partial charge >= 0.3 is 11.9 Å². The summed E-state index contributed by atoms with van der Waals surface area (Å²) in [6.07, 6.45) is 0.968. The summed E-state index contributed by atoms with van der Waals surface area (Å²) >= 11 is 0. The highest BCUT2D eigenvalue weighted by Crippen LogP contribution is 2.29. The zero-order valence-electron chi connectivity index (χ0n) is 12.1. The van der Waals surface area contributed by atoms with Gasteiger partial charge in [0.15, 0.2) is 16.8 Å². The first-order valence-electron chi connectivity index (χ1n) is 6.05. The van der Waals surface area contributed by atoms with Gasteiger partial charge in [-0.2, -0.15) is 0 Å². The number of ether oxygens (including phenoxy) is 3. The number of rotatable bonds is 5. The first-order valence-corrected chi connectivity index (χ1v) is 6.05. The van der Waals surface area contributed by atoms with Crippen LogP contribution in [-0.2, 0) is 19.1 Å². The molecule has 0 atom stereocenters. The molecule has 0 unspecified atom stereocenters. The molecule has 0 saturated carbocycles. The van der Waals surface area contributed by atoms with Crippen LogP contribution in [0.3, 0.4) is 0 Å². The Morgan fingerprint density at radius 1 is 1.14 bits per heavy atom. The molecular formula is C13H13N3O6. The fraction of sp³-hybridized carbons (Fsp3) is 0.231. The van der Waals surface area contributed by atoms with Crippen LogP contribution in [0.4, 0.5) is 5.69 Å². The summed E-state index contributed by atoms with van der Waals surface area (Å²) in [5.74, 6) is -1.000. The summed E-state index contributed by atoms with van der Waals surface area (Å²) in [5.41, 5.74) is 0.968. The highest BCUT2D eigenvalue weighted by Gasteiger charge is 2.17. The van der Waals surface area contributed by atoms with E-state index in [0.29, 0.717) is 22.5 Å². The van der Waals surface area contributed by atoms with E-state index in [2.05, 4.69) is 29.7 Å². The molecule has 22 heavy (non-hydrogen) atoms. The standard InChI is InChI=1S/C13H13N3O6/c1-19-9-5-4-7(11-12(9)16-22-15-11)14-8(13(18)21-3)6-10(17)20-2/h4-6,14H,1-3H3/b8-6+. The number of nitrogens with one attached hydrogen (secondary N) is 1. The van der Waals surface area contributed by atoms with E-state index in [9.17, 15) is 9.59 Å². The zero-order chi connectivity index (χ0) is 16.1. The van der Waals surface area contributed by atoms with Crippen LogP contribution in [-0.4, -0.2) is 43.6 Å². The highest BCUT2D eigenvalue weighted by molar-refractivity contribution is 6.01. The minimum atomic E-state index is -0.745. The third-order valence-electron chi connectivity index (χ3n) is 2.74. The number of hydrogen-bond acceptors (Lipinski definition) is 9. The number of fused-ring (bicyclic) bond motifs is 1. The molecular weight excluding hydrogens is 294 g/mol. The van der Waals surface area contributed by atoms with Gasteiger partial charge in [0.05, 0.1) is 33.1 Å². The lowest BCUT2D eigenvalue weighted by atomic mass is 10.2. The van der Waals surface area contributed by atoms with Crippen molar-refractivity contribution < 1.29 is 28.4 Å². The minimum absolute atomic E-state index is 0.121. The van der Waals surface area contributed by atoms with Crippen molar-refractivity contribution in [3.63, 3.8) is 0 Å². The molecule has 0 aliphatic heterocycles.